The minimum atomic E-state index is -1.86. The van der Waals surface area contributed by atoms with Crippen LogP contribution in [0.25, 0.3) is 0 Å². The Morgan fingerprint density at radius 2 is 1.87 bits per heavy atom. The number of benzene rings is 1. The van der Waals surface area contributed by atoms with Gasteiger partial charge < -0.3 is 13.9 Å². The number of hydrogen-bond acceptors (Lipinski definition) is 6. The maximum atomic E-state index is 12.6. The summed E-state index contributed by atoms with van der Waals surface area (Å²) in [7, 11) is -1.86. The van der Waals surface area contributed by atoms with Crippen molar-refractivity contribution in [2.75, 3.05) is 6.61 Å². The van der Waals surface area contributed by atoms with Crippen molar-refractivity contribution in [1.82, 2.24) is 0 Å². The van der Waals surface area contributed by atoms with Gasteiger partial charge in [-0.25, -0.2) is 4.79 Å². The van der Waals surface area contributed by atoms with E-state index in [0.29, 0.717) is 18.6 Å². The van der Waals surface area contributed by atoms with E-state index >= 15 is 0 Å². The molecule has 0 amide bonds. The Morgan fingerprint density at radius 3 is 2.43 bits per heavy atom. The van der Waals surface area contributed by atoms with E-state index in [9.17, 15) is 14.9 Å². The molecule has 7 nitrogen and oxygen atoms in total. The van der Waals surface area contributed by atoms with Gasteiger partial charge in [-0.3, -0.25) is 10.1 Å². The smallest absolute Gasteiger partial charge is 0.338 e. The van der Waals surface area contributed by atoms with Gasteiger partial charge in [0.05, 0.1) is 22.7 Å². The van der Waals surface area contributed by atoms with E-state index in [-0.39, 0.29) is 29.0 Å². The molecule has 0 unspecified atom stereocenters. The first-order valence-corrected chi connectivity index (χ1v) is 13.6. The van der Waals surface area contributed by atoms with Crippen molar-refractivity contribution in [3.8, 4) is 0 Å². The normalized spacial score (nSPS) is 22.9. The van der Waals surface area contributed by atoms with Gasteiger partial charge in [-0.2, -0.15) is 0 Å². The second-order valence-corrected chi connectivity index (χ2v) is 14.4. The van der Waals surface area contributed by atoms with Gasteiger partial charge in [-0.15, -0.1) is 0 Å². The minimum absolute atomic E-state index is 0.0566. The van der Waals surface area contributed by atoms with Gasteiger partial charge in [0.2, 0.25) is 0 Å². The summed E-state index contributed by atoms with van der Waals surface area (Å²) in [5.41, 5.74) is 0.244. The largest absolute Gasteiger partial charge is 0.456 e. The lowest BCUT2D eigenvalue weighted by Gasteiger charge is -2.37. The number of non-ortho nitro benzene ring substituents is 1. The average Bonchev–Trinajstić information content (AvgIpc) is 2.82. The fraction of sp³-hybridized carbons (Fsp3) is 0.682. The lowest BCUT2D eigenvalue weighted by atomic mass is 10.1. The van der Waals surface area contributed by atoms with Crippen LogP contribution in [0.4, 0.5) is 5.69 Å². The number of nitro benzene ring substituents is 1. The van der Waals surface area contributed by atoms with Gasteiger partial charge >= 0.3 is 5.97 Å². The average molecular weight is 438 g/mol. The van der Waals surface area contributed by atoms with Crippen LogP contribution >= 0.6 is 0 Å². The van der Waals surface area contributed by atoms with Gasteiger partial charge in [0.15, 0.2) is 8.32 Å². The number of ether oxygens (including phenoxy) is 2. The van der Waals surface area contributed by atoms with E-state index in [1.54, 1.807) is 0 Å². The summed E-state index contributed by atoms with van der Waals surface area (Å²) in [6, 6.07) is 5.48. The van der Waals surface area contributed by atoms with E-state index in [2.05, 4.69) is 33.9 Å². The van der Waals surface area contributed by atoms with Crippen molar-refractivity contribution < 1.29 is 23.6 Å². The van der Waals surface area contributed by atoms with Crippen LogP contribution in [0.2, 0.25) is 18.1 Å². The third-order valence-corrected chi connectivity index (χ3v) is 10.7. The van der Waals surface area contributed by atoms with Crippen LogP contribution in [0, 0.1) is 10.1 Å². The number of carbonyl (C=O) groups excluding carboxylic acids is 1. The summed E-state index contributed by atoms with van der Waals surface area (Å²) in [6.07, 6.45) is 2.74. The monoisotopic (exact) mass is 437 g/mol. The molecule has 0 radical (unpaired) electrons. The zero-order valence-electron chi connectivity index (χ0n) is 19.0. The van der Waals surface area contributed by atoms with E-state index < -0.39 is 19.2 Å². The molecule has 3 atom stereocenters. The highest BCUT2D eigenvalue weighted by molar-refractivity contribution is 6.74. The molecule has 0 N–H and O–H groups in total. The molecule has 1 fully saturated rings. The molecule has 0 saturated carbocycles. The SMILES string of the molecule is C[C@H]1CCC[C@H](OC(=O)c2ccc([N+](=O)[O-])cc2)[C@@H](CCO[Si](C)(C)C(C)(C)C)O1. The van der Waals surface area contributed by atoms with Crippen molar-refractivity contribution in [2.45, 2.75) is 89.8 Å². The third-order valence-electron chi connectivity index (χ3n) is 6.16. The lowest BCUT2D eigenvalue weighted by Crippen LogP contribution is -2.42. The third kappa shape index (κ3) is 6.62. The number of rotatable bonds is 7. The maximum Gasteiger partial charge on any atom is 0.338 e. The van der Waals surface area contributed by atoms with E-state index in [0.717, 1.165) is 19.3 Å². The summed E-state index contributed by atoms with van der Waals surface area (Å²) < 4.78 is 18.3. The minimum Gasteiger partial charge on any atom is -0.456 e. The van der Waals surface area contributed by atoms with Gasteiger partial charge in [0.1, 0.15) is 6.10 Å². The molecular weight excluding hydrogens is 402 g/mol. The summed E-state index contributed by atoms with van der Waals surface area (Å²) >= 11 is 0. The summed E-state index contributed by atoms with van der Waals surface area (Å²) in [6.45, 7) is 13.7. The van der Waals surface area contributed by atoms with Crippen LogP contribution in [0.5, 0.6) is 0 Å². The van der Waals surface area contributed by atoms with E-state index in [1.165, 1.54) is 24.3 Å². The quantitative estimate of drug-likeness (QED) is 0.243. The molecule has 1 saturated heterocycles. The Labute approximate surface area is 180 Å². The molecule has 0 aliphatic carbocycles. The fourth-order valence-electron chi connectivity index (χ4n) is 3.21. The Hall–Kier alpha value is -1.77. The molecule has 8 heteroatoms. The maximum absolute atomic E-state index is 12.6. The van der Waals surface area contributed by atoms with E-state index in [4.69, 9.17) is 13.9 Å². The molecule has 0 spiro atoms. The molecule has 1 aromatic carbocycles. The van der Waals surface area contributed by atoms with Crippen LogP contribution < -0.4 is 0 Å². The van der Waals surface area contributed by atoms with Gasteiger partial charge in [0.25, 0.3) is 5.69 Å². The molecule has 1 aromatic rings. The number of carbonyl (C=O) groups is 1. The van der Waals surface area contributed by atoms with Gasteiger partial charge in [0, 0.05) is 18.7 Å². The fourth-order valence-corrected chi connectivity index (χ4v) is 4.27. The Bertz CT molecular complexity index is 728. The highest BCUT2D eigenvalue weighted by Gasteiger charge is 2.38. The first kappa shape index (κ1) is 24.5. The first-order valence-electron chi connectivity index (χ1n) is 10.7. The van der Waals surface area contributed by atoms with Gasteiger partial charge in [-0.1, -0.05) is 20.8 Å². The highest BCUT2D eigenvalue weighted by atomic mass is 28.4. The summed E-state index contributed by atoms with van der Waals surface area (Å²) in [5.74, 6) is -0.483. The topological polar surface area (TPSA) is 87.9 Å². The number of nitro groups is 1. The molecule has 1 heterocycles. The zero-order valence-corrected chi connectivity index (χ0v) is 20.0. The molecule has 2 rings (SSSR count). The predicted octanol–water partition coefficient (Wildman–Crippen LogP) is 5.49. The van der Waals surface area contributed by atoms with Gasteiger partial charge in [-0.05, 0) is 62.9 Å². The second-order valence-electron chi connectivity index (χ2n) is 9.56. The standard InChI is InChI=1S/C22H35NO6Si/c1-16-8-7-9-19(20(28-16)14-15-27-30(5,6)22(2,3)4)29-21(24)17-10-12-18(13-11-17)23(25)26/h10-13,16,19-20H,7-9,14-15H2,1-6H3/t16-,19-,20+/m0/s1. The molecule has 1 aliphatic rings. The second kappa shape index (κ2) is 10.0. The van der Waals surface area contributed by atoms with Crippen LogP contribution in [0.1, 0.15) is 63.7 Å². The Morgan fingerprint density at radius 1 is 1.23 bits per heavy atom. The first-order chi connectivity index (χ1) is 13.9. The van der Waals surface area contributed by atoms with Crippen molar-refractivity contribution in [3.63, 3.8) is 0 Å². The lowest BCUT2D eigenvalue weighted by molar-refractivity contribution is -0.384. The van der Waals surface area contributed by atoms with Crippen molar-refractivity contribution in [3.05, 3.63) is 39.9 Å². The van der Waals surface area contributed by atoms with Crippen molar-refractivity contribution in [2.24, 2.45) is 0 Å². The van der Waals surface area contributed by atoms with Crippen LogP contribution in [0.15, 0.2) is 24.3 Å². The molecule has 1 aliphatic heterocycles. The predicted molar refractivity (Wildman–Crippen MR) is 118 cm³/mol. The molecular formula is C22H35NO6Si. The van der Waals surface area contributed by atoms with Crippen molar-refractivity contribution >= 4 is 20.0 Å². The van der Waals surface area contributed by atoms with Crippen LogP contribution in [-0.4, -0.2) is 44.1 Å². The molecule has 168 valence electrons. The number of hydrogen-bond donors (Lipinski definition) is 0. The van der Waals surface area contributed by atoms with E-state index in [1.807, 2.05) is 6.92 Å². The zero-order chi connectivity index (χ0) is 22.5. The van der Waals surface area contributed by atoms with Crippen LogP contribution in [0.3, 0.4) is 0 Å². The number of esters is 1. The Balaban J connectivity index is 2.03. The molecule has 30 heavy (non-hydrogen) atoms. The van der Waals surface area contributed by atoms with Crippen LogP contribution in [-0.2, 0) is 13.9 Å². The molecule has 0 aromatic heterocycles. The van der Waals surface area contributed by atoms with Crippen molar-refractivity contribution in [1.29, 1.82) is 0 Å². The summed E-state index contributed by atoms with van der Waals surface area (Å²) in [4.78, 5) is 22.9. The molecule has 0 bridgehead atoms. The highest BCUT2D eigenvalue weighted by Crippen LogP contribution is 2.37. The number of nitrogens with zero attached hydrogens (tertiary/aromatic N) is 1. The Kier molecular flexibility index (Phi) is 8.18. The summed E-state index contributed by atoms with van der Waals surface area (Å²) in [5, 5.41) is 10.9.